The maximum absolute atomic E-state index is 5.95. The number of anilines is 1. The van der Waals surface area contributed by atoms with Gasteiger partial charge in [0.2, 0.25) is 0 Å². The number of thiazole rings is 1. The molecule has 2 N–H and O–H groups in total. The van der Waals surface area contributed by atoms with Crippen molar-refractivity contribution in [2.75, 3.05) is 5.73 Å². The van der Waals surface area contributed by atoms with E-state index in [4.69, 9.17) is 33.7 Å². The van der Waals surface area contributed by atoms with E-state index in [0.29, 0.717) is 27.5 Å². The molecule has 1 heterocycles. The summed E-state index contributed by atoms with van der Waals surface area (Å²) in [5, 5.41) is 3.32. The first kappa shape index (κ1) is 11.5. The van der Waals surface area contributed by atoms with Gasteiger partial charge in [0.05, 0.1) is 15.7 Å². The minimum absolute atomic E-state index is 0.303. The standard InChI is InChI=1S/C10H8Cl2N2OS/c11-7-2-1-3-8(12)9(7)15-4-6-5-16-10(13)14-6/h1-3,5H,4H2,(H2,13,14). The van der Waals surface area contributed by atoms with E-state index in [0.717, 1.165) is 5.69 Å². The van der Waals surface area contributed by atoms with E-state index in [1.165, 1.54) is 11.3 Å². The second-order valence-electron chi connectivity index (χ2n) is 3.02. The maximum atomic E-state index is 5.95. The molecule has 2 aromatic rings. The molecule has 2 rings (SSSR count). The topological polar surface area (TPSA) is 48.1 Å². The Kier molecular flexibility index (Phi) is 3.53. The van der Waals surface area contributed by atoms with Crippen LogP contribution < -0.4 is 10.5 Å². The van der Waals surface area contributed by atoms with E-state index in [-0.39, 0.29) is 0 Å². The van der Waals surface area contributed by atoms with Crippen molar-refractivity contribution in [3.05, 3.63) is 39.3 Å². The van der Waals surface area contributed by atoms with Crippen LogP contribution in [0.1, 0.15) is 5.69 Å². The van der Waals surface area contributed by atoms with Gasteiger partial charge >= 0.3 is 0 Å². The molecular formula is C10H8Cl2N2OS. The fraction of sp³-hybridized carbons (Fsp3) is 0.100. The SMILES string of the molecule is Nc1nc(COc2c(Cl)cccc2Cl)cs1. The van der Waals surface area contributed by atoms with Gasteiger partial charge in [0.15, 0.2) is 10.9 Å². The molecule has 0 amide bonds. The number of nitrogen functional groups attached to an aromatic ring is 1. The summed E-state index contributed by atoms with van der Waals surface area (Å²) in [6.07, 6.45) is 0. The fourth-order valence-electron chi connectivity index (χ4n) is 1.16. The Hall–Kier alpha value is -0.970. The van der Waals surface area contributed by atoms with Gasteiger partial charge in [0, 0.05) is 5.38 Å². The summed E-state index contributed by atoms with van der Waals surface area (Å²) in [4.78, 5) is 4.07. The summed E-state index contributed by atoms with van der Waals surface area (Å²) >= 11 is 13.3. The fourth-order valence-corrected chi connectivity index (χ4v) is 2.21. The van der Waals surface area contributed by atoms with Crippen molar-refractivity contribution in [1.82, 2.24) is 4.98 Å². The first-order chi connectivity index (χ1) is 7.66. The van der Waals surface area contributed by atoms with Crippen molar-refractivity contribution >= 4 is 39.7 Å². The molecule has 0 aliphatic heterocycles. The molecule has 0 aliphatic rings. The molecule has 3 nitrogen and oxygen atoms in total. The number of hydrogen-bond acceptors (Lipinski definition) is 4. The van der Waals surface area contributed by atoms with Gasteiger partial charge in [-0.25, -0.2) is 4.98 Å². The molecule has 0 bridgehead atoms. The van der Waals surface area contributed by atoms with Crippen LogP contribution in [-0.4, -0.2) is 4.98 Å². The predicted molar refractivity (Wildman–Crippen MR) is 67.3 cm³/mol. The lowest BCUT2D eigenvalue weighted by Crippen LogP contribution is -1.97. The minimum atomic E-state index is 0.303. The van der Waals surface area contributed by atoms with E-state index in [1.54, 1.807) is 18.2 Å². The third-order valence-electron chi connectivity index (χ3n) is 1.85. The summed E-state index contributed by atoms with van der Waals surface area (Å²) < 4.78 is 5.49. The average Bonchev–Trinajstić information content (AvgIpc) is 2.63. The highest BCUT2D eigenvalue weighted by molar-refractivity contribution is 7.13. The first-order valence-electron chi connectivity index (χ1n) is 4.43. The maximum Gasteiger partial charge on any atom is 0.180 e. The van der Waals surface area contributed by atoms with Crippen LogP contribution in [0.2, 0.25) is 10.0 Å². The van der Waals surface area contributed by atoms with Crippen molar-refractivity contribution in [2.24, 2.45) is 0 Å². The molecule has 84 valence electrons. The minimum Gasteiger partial charge on any atom is -0.484 e. The molecule has 0 spiro atoms. The Morgan fingerprint density at radius 2 is 2.00 bits per heavy atom. The van der Waals surface area contributed by atoms with Crippen molar-refractivity contribution in [3.8, 4) is 5.75 Å². The van der Waals surface area contributed by atoms with Gasteiger partial charge in [-0.05, 0) is 12.1 Å². The number of halogens is 2. The van der Waals surface area contributed by atoms with E-state index in [9.17, 15) is 0 Å². The number of rotatable bonds is 3. The third-order valence-corrected chi connectivity index (χ3v) is 3.17. The third kappa shape index (κ3) is 2.58. The van der Waals surface area contributed by atoms with Gasteiger partial charge in [0.25, 0.3) is 0 Å². The van der Waals surface area contributed by atoms with Crippen molar-refractivity contribution in [3.63, 3.8) is 0 Å². The number of nitrogens with two attached hydrogens (primary N) is 1. The number of para-hydroxylation sites is 1. The highest BCUT2D eigenvalue weighted by atomic mass is 35.5. The van der Waals surface area contributed by atoms with E-state index >= 15 is 0 Å². The molecule has 0 atom stereocenters. The normalized spacial score (nSPS) is 10.4. The lowest BCUT2D eigenvalue weighted by molar-refractivity contribution is 0.302. The number of nitrogens with zero attached hydrogens (tertiary/aromatic N) is 1. The highest BCUT2D eigenvalue weighted by Gasteiger charge is 2.07. The number of benzene rings is 1. The summed E-state index contributed by atoms with van der Waals surface area (Å²) in [5.41, 5.74) is 6.27. The van der Waals surface area contributed by atoms with Gasteiger partial charge in [0.1, 0.15) is 6.61 Å². The largest absolute Gasteiger partial charge is 0.484 e. The molecule has 0 radical (unpaired) electrons. The second kappa shape index (κ2) is 4.91. The molecule has 0 saturated heterocycles. The predicted octanol–water partition coefficient (Wildman–Crippen LogP) is 3.61. The molecule has 16 heavy (non-hydrogen) atoms. The van der Waals surface area contributed by atoms with Crippen molar-refractivity contribution in [1.29, 1.82) is 0 Å². The van der Waals surface area contributed by atoms with E-state index < -0.39 is 0 Å². The van der Waals surface area contributed by atoms with Crippen LogP contribution >= 0.6 is 34.5 Å². The summed E-state index contributed by atoms with van der Waals surface area (Å²) in [5.74, 6) is 0.470. The van der Waals surface area contributed by atoms with Crippen LogP contribution in [0, 0.1) is 0 Å². The number of hydrogen-bond donors (Lipinski definition) is 1. The van der Waals surface area contributed by atoms with Crippen molar-refractivity contribution < 1.29 is 4.74 Å². The zero-order valence-corrected chi connectivity index (χ0v) is 10.4. The summed E-state index contributed by atoms with van der Waals surface area (Å²) in [6, 6.07) is 5.20. The Morgan fingerprint density at radius 3 is 2.56 bits per heavy atom. The Bertz CT molecular complexity index is 481. The Labute approximate surface area is 107 Å². The summed E-state index contributed by atoms with van der Waals surface area (Å²) in [6.45, 7) is 0.303. The van der Waals surface area contributed by atoms with E-state index in [2.05, 4.69) is 4.98 Å². The van der Waals surface area contributed by atoms with Crippen LogP contribution in [-0.2, 0) is 6.61 Å². The van der Waals surface area contributed by atoms with Crippen LogP contribution in [0.25, 0.3) is 0 Å². The van der Waals surface area contributed by atoms with Gasteiger partial charge in [-0.15, -0.1) is 11.3 Å². The van der Waals surface area contributed by atoms with Crippen LogP contribution in [0.3, 0.4) is 0 Å². The van der Waals surface area contributed by atoms with Crippen LogP contribution in [0.4, 0.5) is 5.13 Å². The number of aromatic nitrogens is 1. The van der Waals surface area contributed by atoms with Gasteiger partial charge < -0.3 is 10.5 Å². The monoisotopic (exact) mass is 274 g/mol. The first-order valence-corrected chi connectivity index (χ1v) is 6.07. The Morgan fingerprint density at radius 1 is 1.31 bits per heavy atom. The lowest BCUT2D eigenvalue weighted by Gasteiger charge is -2.07. The molecule has 1 aromatic carbocycles. The highest BCUT2D eigenvalue weighted by Crippen LogP contribution is 2.32. The molecule has 0 saturated carbocycles. The number of ether oxygens (including phenoxy) is 1. The zero-order chi connectivity index (χ0) is 11.5. The molecule has 1 aromatic heterocycles. The molecule has 6 heteroatoms. The quantitative estimate of drug-likeness (QED) is 0.930. The molecule has 0 fully saturated rings. The van der Waals surface area contributed by atoms with Crippen LogP contribution in [0.5, 0.6) is 5.75 Å². The Balaban J connectivity index is 2.10. The molecule has 0 unspecified atom stereocenters. The smallest absolute Gasteiger partial charge is 0.180 e. The van der Waals surface area contributed by atoms with Crippen LogP contribution in [0.15, 0.2) is 23.6 Å². The van der Waals surface area contributed by atoms with Gasteiger partial charge in [-0.2, -0.15) is 0 Å². The average molecular weight is 275 g/mol. The lowest BCUT2D eigenvalue weighted by atomic mass is 10.3. The van der Waals surface area contributed by atoms with Gasteiger partial charge in [-0.3, -0.25) is 0 Å². The molecule has 0 aliphatic carbocycles. The zero-order valence-electron chi connectivity index (χ0n) is 8.11. The summed E-state index contributed by atoms with van der Waals surface area (Å²) in [7, 11) is 0. The molecular weight excluding hydrogens is 267 g/mol. The second-order valence-corrected chi connectivity index (χ2v) is 4.72. The van der Waals surface area contributed by atoms with E-state index in [1.807, 2.05) is 5.38 Å². The van der Waals surface area contributed by atoms with Gasteiger partial charge in [-0.1, -0.05) is 29.3 Å². The van der Waals surface area contributed by atoms with Crippen molar-refractivity contribution in [2.45, 2.75) is 6.61 Å².